The lowest BCUT2D eigenvalue weighted by Crippen LogP contribution is -2.35. The van der Waals surface area contributed by atoms with Crippen LogP contribution in [0.2, 0.25) is 0 Å². The number of nitrogens with zero attached hydrogens (tertiary/aromatic N) is 1. The van der Waals surface area contributed by atoms with Crippen molar-refractivity contribution in [3.63, 3.8) is 0 Å². The Hall–Kier alpha value is -0.0800. The first-order valence-corrected chi connectivity index (χ1v) is 7.02. The van der Waals surface area contributed by atoms with Crippen LogP contribution in [0.5, 0.6) is 0 Å². The molecule has 0 bridgehead atoms. The zero-order valence-electron chi connectivity index (χ0n) is 12.1. The lowest BCUT2D eigenvalue weighted by molar-refractivity contribution is 0.257. The Bertz CT molecular complexity index is 146. The summed E-state index contributed by atoms with van der Waals surface area (Å²) in [5, 5.41) is 3.47. The van der Waals surface area contributed by atoms with Gasteiger partial charge in [0.25, 0.3) is 0 Å². The van der Waals surface area contributed by atoms with Crippen molar-refractivity contribution in [3.8, 4) is 0 Å². The number of rotatable bonds is 10. The van der Waals surface area contributed by atoms with Crippen LogP contribution in [0.1, 0.15) is 53.4 Å². The monoisotopic (exact) mass is 228 g/mol. The minimum Gasteiger partial charge on any atom is -0.313 e. The second kappa shape index (κ2) is 10.1. The molecule has 0 saturated carbocycles. The summed E-state index contributed by atoms with van der Waals surface area (Å²) in [6, 6.07) is 0.607. The fourth-order valence-corrected chi connectivity index (χ4v) is 1.99. The Morgan fingerprint density at radius 1 is 1.19 bits per heavy atom. The van der Waals surface area contributed by atoms with Crippen LogP contribution in [0.15, 0.2) is 0 Å². The maximum atomic E-state index is 3.47. The van der Waals surface area contributed by atoms with Crippen molar-refractivity contribution in [3.05, 3.63) is 0 Å². The fourth-order valence-electron chi connectivity index (χ4n) is 1.99. The van der Waals surface area contributed by atoms with Crippen molar-refractivity contribution >= 4 is 0 Å². The Labute approximate surface area is 103 Å². The number of hydrogen-bond donors (Lipinski definition) is 1. The summed E-state index contributed by atoms with van der Waals surface area (Å²) in [5.74, 6) is 0.893. The number of unbranched alkanes of at least 4 members (excludes halogenated alkanes) is 1. The Balaban J connectivity index is 3.60. The zero-order chi connectivity index (χ0) is 12.4. The minimum absolute atomic E-state index is 0.607. The molecule has 16 heavy (non-hydrogen) atoms. The summed E-state index contributed by atoms with van der Waals surface area (Å²) < 4.78 is 0. The van der Waals surface area contributed by atoms with Gasteiger partial charge >= 0.3 is 0 Å². The molecule has 1 unspecified atom stereocenters. The molecule has 0 aliphatic heterocycles. The normalized spacial score (nSPS) is 13.7. The van der Waals surface area contributed by atoms with Gasteiger partial charge in [-0.2, -0.15) is 0 Å². The summed E-state index contributed by atoms with van der Waals surface area (Å²) in [7, 11) is 2.25. The van der Waals surface area contributed by atoms with E-state index in [1.165, 1.54) is 38.8 Å². The minimum atomic E-state index is 0.607. The maximum Gasteiger partial charge on any atom is 0.0104 e. The molecule has 0 fully saturated rings. The molecule has 0 aromatic heterocycles. The van der Waals surface area contributed by atoms with Gasteiger partial charge in [0.2, 0.25) is 0 Å². The third-order valence-electron chi connectivity index (χ3n) is 3.16. The van der Waals surface area contributed by atoms with E-state index >= 15 is 0 Å². The molecule has 0 radical (unpaired) electrons. The van der Waals surface area contributed by atoms with Crippen LogP contribution in [-0.2, 0) is 0 Å². The first-order valence-electron chi connectivity index (χ1n) is 7.02. The van der Waals surface area contributed by atoms with E-state index in [4.69, 9.17) is 0 Å². The van der Waals surface area contributed by atoms with Crippen molar-refractivity contribution in [1.82, 2.24) is 10.2 Å². The molecule has 0 aliphatic carbocycles. The molecule has 2 heteroatoms. The van der Waals surface area contributed by atoms with Crippen molar-refractivity contribution in [2.24, 2.45) is 5.92 Å². The predicted octanol–water partition coefficient (Wildman–Crippen LogP) is 3.13. The Kier molecular flexibility index (Phi) is 10.0. The highest BCUT2D eigenvalue weighted by atomic mass is 15.1. The quantitative estimate of drug-likeness (QED) is 0.618. The van der Waals surface area contributed by atoms with Gasteiger partial charge in [-0.05, 0) is 19.4 Å². The first-order chi connectivity index (χ1) is 7.60. The Morgan fingerprint density at radius 3 is 2.38 bits per heavy atom. The molecular formula is C14H32N2. The number of nitrogens with one attached hydrogen (secondary N) is 1. The summed E-state index contributed by atoms with van der Waals surface area (Å²) >= 11 is 0. The standard InChI is InChI=1S/C14H32N2/c1-6-8-9-14(7-2)12-16(5)11-10-15-13(3)4/h13-15H,6-12H2,1-5H3. The van der Waals surface area contributed by atoms with Crippen LogP contribution in [0.4, 0.5) is 0 Å². The molecular weight excluding hydrogens is 196 g/mol. The first kappa shape index (κ1) is 15.9. The third kappa shape index (κ3) is 9.17. The second-order valence-electron chi connectivity index (χ2n) is 5.29. The lowest BCUT2D eigenvalue weighted by Gasteiger charge is -2.23. The van der Waals surface area contributed by atoms with E-state index < -0.39 is 0 Å². The van der Waals surface area contributed by atoms with Gasteiger partial charge in [-0.1, -0.05) is 47.0 Å². The molecule has 0 aliphatic rings. The number of likely N-dealkylation sites (N-methyl/N-ethyl adjacent to an activating group) is 1. The van der Waals surface area contributed by atoms with E-state index in [0.29, 0.717) is 6.04 Å². The Morgan fingerprint density at radius 2 is 1.88 bits per heavy atom. The van der Waals surface area contributed by atoms with Crippen LogP contribution in [-0.4, -0.2) is 37.6 Å². The van der Waals surface area contributed by atoms with Crippen LogP contribution in [0.25, 0.3) is 0 Å². The molecule has 0 aromatic carbocycles. The van der Waals surface area contributed by atoms with Crippen molar-refractivity contribution in [2.75, 3.05) is 26.7 Å². The highest BCUT2D eigenvalue weighted by molar-refractivity contribution is 4.64. The molecule has 0 aromatic rings. The molecule has 0 rings (SSSR count). The highest BCUT2D eigenvalue weighted by Gasteiger charge is 2.08. The van der Waals surface area contributed by atoms with Gasteiger partial charge in [0.1, 0.15) is 0 Å². The van der Waals surface area contributed by atoms with Crippen molar-refractivity contribution in [2.45, 2.75) is 59.4 Å². The van der Waals surface area contributed by atoms with Gasteiger partial charge in [0.15, 0.2) is 0 Å². The average Bonchev–Trinajstić information content (AvgIpc) is 2.23. The van der Waals surface area contributed by atoms with Crippen molar-refractivity contribution in [1.29, 1.82) is 0 Å². The van der Waals surface area contributed by atoms with Gasteiger partial charge in [0.05, 0.1) is 0 Å². The SMILES string of the molecule is CCCCC(CC)CN(C)CCNC(C)C. The summed E-state index contributed by atoms with van der Waals surface area (Å²) in [6.07, 6.45) is 5.43. The van der Waals surface area contributed by atoms with Crippen LogP contribution < -0.4 is 5.32 Å². The largest absolute Gasteiger partial charge is 0.313 e. The van der Waals surface area contributed by atoms with E-state index in [1.54, 1.807) is 0 Å². The molecule has 0 saturated heterocycles. The van der Waals surface area contributed by atoms with E-state index in [-0.39, 0.29) is 0 Å². The van der Waals surface area contributed by atoms with Gasteiger partial charge in [-0.15, -0.1) is 0 Å². The van der Waals surface area contributed by atoms with Crippen LogP contribution in [0, 0.1) is 5.92 Å². The molecule has 0 spiro atoms. The van der Waals surface area contributed by atoms with Crippen LogP contribution >= 0.6 is 0 Å². The summed E-state index contributed by atoms with van der Waals surface area (Å²) in [4.78, 5) is 2.47. The number of hydrogen-bond acceptors (Lipinski definition) is 2. The second-order valence-corrected chi connectivity index (χ2v) is 5.29. The van der Waals surface area contributed by atoms with Crippen molar-refractivity contribution < 1.29 is 0 Å². The summed E-state index contributed by atoms with van der Waals surface area (Å²) in [6.45, 7) is 12.5. The molecule has 1 atom stereocenters. The van der Waals surface area contributed by atoms with E-state index in [0.717, 1.165) is 12.5 Å². The lowest BCUT2D eigenvalue weighted by atomic mass is 9.99. The van der Waals surface area contributed by atoms with Gasteiger partial charge < -0.3 is 10.2 Å². The average molecular weight is 228 g/mol. The molecule has 0 amide bonds. The van der Waals surface area contributed by atoms with E-state index in [1.807, 2.05) is 0 Å². The predicted molar refractivity (Wildman–Crippen MR) is 73.9 cm³/mol. The molecule has 0 heterocycles. The molecule has 98 valence electrons. The zero-order valence-corrected chi connectivity index (χ0v) is 12.1. The maximum absolute atomic E-state index is 3.47. The fraction of sp³-hybridized carbons (Fsp3) is 1.00. The van der Waals surface area contributed by atoms with Gasteiger partial charge in [-0.3, -0.25) is 0 Å². The molecule has 1 N–H and O–H groups in total. The van der Waals surface area contributed by atoms with E-state index in [2.05, 4.69) is 45.0 Å². The smallest absolute Gasteiger partial charge is 0.0104 e. The van der Waals surface area contributed by atoms with Crippen LogP contribution in [0.3, 0.4) is 0 Å². The van der Waals surface area contributed by atoms with Gasteiger partial charge in [-0.25, -0.2) is 0 Å². The summed E-state index contributed by atoms with van der Waals surface area (Å²) in [5.41, 5.74) is 0. The highest BCUT2D eigenvalue weighted by Crippen LogP contribution is 2.13. The molecule has 2 nitrogen and oxygen atoms in total. The third-order valence-corrected chi connectivity index (χ3v) is 3.16. The van der Waals surface area contributed by atoms with Gasteiger partial charge in [0, 0.05) is 25.7 Å². The topological polar surface area (TPSA) is 15.3 Å². The van der Waals surface area contributed by atoms with E-state index in [9.17, 15) is 0 Å².